The van der Waals surface area contributed by atoms with Gasteiger partial charge in [0.05, 0.1) is 0 Å². The molecule has 0 aliphatic carbocycles. The molecule has 0 aromatic carbocycles. The second-order valence-corrected chi connectivity index (χ2v) is 7.55. The predicted molar refractivity (Wildman–Crippen MR) is 104 cm³/mol. The maximum Gasteiger partial charge on any atom is 0.407 e. The quantitative estimate of drug-likeness (QED) is 0.556. The number of nitrogens with zero attached hydrogens (tertiary/aromatic N) is 3. The van der Waals surface area contributed by atoms with Crippen LogP contribution in [0.3, 0.4) is 0 Å². The van der Waals surface area contributed by atoms with Gasteiger partial charge in [0.2, 0.25) is 0 Å². The number of ether oxygens (including phenoxy) is 1. The maximum absolute atomic E-state index is 12.1. The molecular weight excluding hydrogens is 366 g/mol. The monoisotopic (exact) mass is 391 g/mol. The Morgan fingerprint density at radius 3 is 2.67 bits per heavy atom. The lowest BCUT2D eigenvalue weighted by molar-refractivity contribution is 0.0527. The predicted octanol–water partition coefficient (Wildman–Crippen LogP) is 2.59. The van der Waals surface area contributed by atoms with Crippen LogP contribution in [0.25, 0.3) is 0 Å². The third kappa shape index (κ3) is 7.30. The molecule has 2 heterocycles. The molecule has 0 bridgehead atoms. The number of carbonyl (C=O) groups excluding carboxylic acids is 1. The van der Waals surface area contributed by atoms with Gasteiger partial charge in [-0.15, -0.1) is 0 Å². The smallest absolute Gasteiger partial charge is 0.407 e. The summed E-state index contributed by atoms with van der Waals surface area (Å²) in [6.45, 7) is 6.63. The Kier molecular flexibility index (Phi) is 7.23. The van der Waals surface area contributed by atoms with E-state index in [9.17, 15) is 9.59 Å². The Hall–Kier alpha value is -2.55. The lowest BCUT2D eigenvalue weighted by Gasteiger charge is -2.19. The van der Waals surface area contributed by atoms with Crippen molar-refractivity contribution in [1.82, 2.24) is 24.8 Å². The van der Waals surface area contributed by atoms with Crippen LogP contribution in [0.4, 0.5) is 4.79 Å². The summed E-state index contributed by atoms with van der Waals surface area (Å²) in [5.74, 6) is 0. The molecule has 27 heavy (non-hydrogen) atoms. The lowest BCUT2D eigenvalue weighted by atomic mass is 10.1. The van der Waals surface area contributed by atoms with E-state index >= 15 is 0 Å². The molecule has 0 saturated heterocycles. The zero-order chi connectivity index (χ0) is 19.9. The number of unbranched alkanes of at least 4 members (excludes halogenated alkanes) is 1. The molecule has 1 amide bonds. The van der Waals surface area contributed by atoms with Crippen molar-refractivity contribution >= 4 is 18.3 Å². The van der Waals surface area contributed by atoms with Crippen LogP contribution >= 0.6 is 12.2 Å². The Labute approximate surface area is 163 Å². The second kappa shape index (κ2) is 9.40. The highest BCUT2D eigenvalue weighted by molar-refractivity contribution is 7.71. The van der Waals surface area contributed by atoms with Gasteiger partial charge in [0.15, 0.2) is 4.77 Å². The Balaban J connectivity index is 1.87. The number of hydrogen-bond acceptors (Lipinski definition) is 6. The topological polar surface area (TPSA) is 102 Å². The number of H-pyrrole nitrogens is 1. The summed E-state index contributed by atoms with van der Waals surface area (Å²) in [6, 6.07) is 0. The zero-order valence-electron chi connectivity index (χ0n) is 15.8. The van der Waals surface area contributed by atoms with E-state index in [0.717, 1.165) is 18.4 Å². The highest BCUT2D eigenvalue weighted by Gasteiger charge is 2.15. The number of alkyl carbamates (subject to hydrolysis) is 1. The SMILES string of the molecule is CC(C)(C)OC(=O)NCCCCn1cc(Cc2cncnc2)c(=O)[nH]c1=S. The summed E-state index contributed by atoms with van der Waals surface area (Å²) in [4.78, 5) is 34.3. The molecule has 0 unspecified atom stereocenters. The van der Waals surface area contributed by atoms with E-state index in [1.807, 2.05) is 25.3 Å². The Morgan fingerprint density at radius 1 is 1.30 bits per heavy atom. The number of carbonyl (C=O) groups is 1. The number of aromatic nitrogens is 4. The molecule has 2 aromatic heterocycles. The van der Waals surface area contributed by atoms with Gasteiger partial charge in [-0.2, -0.15) is 0 Å². The van der Waals surface area contributed by atoms with Gasteiger partial charge >= 0.3 is 6.09 Å². The second-order valence-electron chi connectivity index (χ2n) is 7.17. The number of hydrogen-bond donors (Lipinski definition) is 2. The first-order valence-electron chi connectivity index (χ1n) is 8.78. The fraction of sp³-hybridized carbons (Fsp3) is 0.500. The van der Waals surface area contributed by atoms with Crippen LogP contribution in [0.2, 0.25) is 0 Å². The van der Waals surface area contributed by atoms with Crippen LogP contribution in [-0.2, 0) is 17.7 Å². The normalized spacial score (nSPS) is 11.2. The summed E-state index contributed by atoms with van der Waals surface area (Å²) < 4.78 is 7.40. The number of rotatable bonds is 7. The maximum atomic E-state index is 12.1. The van der Waals surface area contributed by atoms with Gasteiger partial charge in [-0.25, -0.2) is 14.8 Å². The van der Waals surface area contributed by atoms with Gasteiger partial charge in [-0.1, -0.05) is 0 Å². The fourth-order valence-electron chi connectivity index (χ4n) is 2.40. The first-order chi connectivity index (χ1) is 12.7. The van der Waals surface area contributed by atoms with Gasteiger partial charge in [0.1, 0.15) is 11.9 Å². The third-order valence-electron chi connectivity index (χ3n) is 3.59. The van der Waals surface area contributed by atoms with Crippen LogP contribution in [0.5, 0.6) is 0 Å². The summed E-state index contributed by atoms with van der Waals surface area (Å²) in [7, 11) is 0. The largest absolute Gasteiger partial charge is 0.444 e. The van der Waals surface area contributed by atoms with Gasteiger partial charge in [-0.05, 0) is 51.4 Å². The highest BCUT2D eigenvalue weighted by Crippen LogP contribution is 2.07. The summed E-state index contributed by atoms with van der Waals surface area (Å²) >= 11 is 5.24. The molecular formula is C18H25N5O3S. The van der Waals surface area contributed by atoms with Crippen LogP contribution in [-0.4, -0.2) is 37.8 Å². The number of aryl methyl sites for hydroxylation is 1. The summed E-state index contributed by atoms with van der Waals surface area (Å²) in [5, 5.41) is 2.73. The van der Waals surface area contributed by atoms with Crippen molar-refractivity contribution in [3.8, 4) is 0 Å². The molecule has 9 heteroatoms. The van der Waals surface area contributed by atoms with Crippen molar-refractivity contribution in [1.29, 1.82) is 0 Å². The van der Waals surface area contributed by atoms with Gasteiger partial charge in [0, 0.05) is 43.7 Å². The third-order valence-corrected chi connectivity index (χ3v) is 3.92. The first-order valence-corrected chi connectivity index (χ1v) is 9.19. The molecule has 0 radical (unpaired) electrons. The van der Waals surface area contributed by atoms with Gasteiger partial charge in [0.25, 0.3) is 5.56 Å². The molecule has 0 fully saturated rings. The molecule has 2 aromatic rings. The van der Waals surface area contributed by atoms with Crippen LogP contribution in [0.1, 0.15) is 44.7 Å². The zero-order valence-corrected chi connectivity index (χ0v) is 16.6. The van der Waals surface area contributed by atoms with E-state index in [4.69, 9.17) is 17.0 Å². The average molecular weight is 391 g/mol. The molecule has 0 spiro atoms. The standard InChI is InChI=1S/C18H25N5O3S/c1-18(2,3)26-17(25)21-6-4-5-7-23-11-14(15(24)22-16(23)27)8-13-9-19-12-20-10-13/h9-12H,4-8H2,1-3H3,(H,21,25)(H,22,24,27). The van der Waals surface area contributed by atoms with E-state index < -0.39 is 11.7 Å². The van der Waals surface area contributed by atoms with E-state index in [-0.39, 0.29) is 5.56 Å². The minimum absolute atomic E-state index is 0.202. The average Bonchev–Trinajstić information content (AvgIpc) is 2.57. The molecule has 0 aliphatic rings. The molecule has 0 saturated carbocycles. The highest BCUT2D eigenvalue weighted by atomic mass is 32.1. The van der Waals surface area contributed by atoms with Crippen molar-refractivity contribution < 1.29 is 9.53 Å². The van der Waals surface area contributed by atoms with Crippen molar-refractivity contribution in [2.75, 3.05) is 6.54 Å². The number of aromatic amines is 1. The Bertz CT molecular complexity index is 871. The van der Waals surface area contributed by atoms with E-state index in [1.165, 1.54) is 6.33 Å². The molecule has 2 rings (SSSR count). The van der Waals surface area contributed by atoms with Crippen LogP contribution < -0.4 is 10.9 Å². The molecule has 146 valence electrons. The van der Waals surface area contributed by atoms with E-state index in [1.54, 1.807) is 18.6 Å². The Morgan fingerprint density at radius 2 is 2.00 bits per heavy atom. The minimum Gasteiger partial charge on any atom is -0.444 e. The van der Waals surface area contributed by atoms with E-state index in [2.05, 4.69) is 20.3 Å². The molecule has 2 N–H and O–H groups in total. The first kappa shape index (κ1) is 20.8. The molecule has 0 atom stereocenters. The van der Waals surface area contributed by atoms with Crippen LogP contribution in [0, 0.1) is 4.77 Å². The van der Waals surface area contributed by atoms with Gasteiger partial charge < -0.3 is 14.6 Å². The fourth-order valence-corrected chi connectivity index (χ4v) is 2.64. The van der Waals surface area contributed by atoms with E-state index in [0.29, 0.717) is 29.8 Å². The summed E-state index contributed by atoms with van der Waals surface area (Å²) in [6.07, 6.45) is 8.16. The minimum atomic E-state index is -0.507. The van der Waals surface area contributed by atoms with Crippen LogP contribution in [0.15, 0.2) is 29.7 Å². The van der Waals surface area contributed by atoms with Crippen molar-refractivity contribution in [3.63, 3.8) is 0 Å². The van der Waals surface area contributed by atoms with Gasteiger partial charge in [-0.3, -0.25) is 9.78 Å². The number of nitrogens with one attached hydrogen (secondary N) is 2. The summed E-state index contributed by atoms with van der Waals surface area (Å²) in [5.41, 5.74) is 0.748. The number of amides is 1. The van der Waals surface area contributed by atoms with Crippen molar-refractivity contribution in [3.05, 3.63) is 51.2 Å². The molecule has 8 nitrogen and oxygen atoms in total. The molecule has 0 aliphatic heterocycles. The van der Waals surface area contributed by atoms with Crippen molar-refractivity contribution in [2.24, 2.45) is 0 Å². The van der Waals surface area contributed by atoms with Crippen molar-refractivity contribution in [2.45, 2.75) is 52.2 Å². The lowest BCUT2D eigenvalue weighted by Crippen LogP contribution is -2.33.